The number of fused-ring (bicyclic) bond motifs is 1. The third kappa shape index (κ3) is 3.55. The van der Waals surface area contributed by atoms with Gasteiger partial charge < -0.3 is 10.2 Å². The average molecular weight is 329 g/mol. The zero-order valence-corrected chi connectivity index (χ0v) is 14.1. The summed E-state index contributed by atoms with van der Waals surface area (Å²) in [6.45, 7) is 5.88. The molecule has 0 unspecified atom stereocenters. The fourth-order valence-corrected chi connectivity index (χ4v) is 3.07. The molecule has 24 heavy (non-hydrogen) atoms. The summed E-state index contributed by atoms with van der Waals surface area (Å²) in [6.07, 6.45) is 2.83. The fourth-order valence-electron chi connectivity index (χ4n) is 3.07. The predicted octanol–water partition coefficient (Wildman–Crippen LogP) is 0.892. The minimum absolute atomic E-state index is 0.0524. The van der Waals surface area contributed by atoms with Crippen LogP contribution >= 0.6 is 0 Å². The third-order valence-corrected chi connectivity index (χ3v) is 4.20. The number of aromatic nitrogens is 3. The first-order valence-electron chi connectivity index (χ1n) is 8.38. The molecule has 128 valence electrons. The number of nitrogens with one attached hydrogen (secondary N) is 1. The minimum atomic E-state index is -0.244. The monoisotopic (exact) mass is 329 g/mol. The van der Waals surface area contributed by atoms with Gasteiger partial charge in [-0.1, -0.05) is 19.9 Å². The van der Waals surface area contributed by atoms with Crippen LogP contribution in [0.15, 0.2) is 24.4 Å². The third-order valence-electron chi connectivity index (χ3n) is 4.20. The number of carbonyl (C=O) groups excluding carboxylic acids is 2. The van der Waals surface area contributed by atoms with E-state index in [0.717, 1.165) is 11.5 Å². The topological polar surface area (TPSA) is 79.6 Å². The second-order valence-electron chi connectivity index (χ2n) is 6.68. The first-order chi connectivity index (χ1) is 11.5. The molecule has 3 heterocycles. The van der Waals surface area contributed by atoms with Crippen LogP contribution in [-0.4, -0.2) is 50.9 Å². The zero-order chi connectivity index (χ0) is 17.1. The molecule has 7 nitrogen and oxygen atoms in total. The van der Waals surface area contributed by atoms with Crippen LogP contribution in [0.1, 0.15) is 26.1 Å². The highest BCUT2D eigenvalue weighted by Crippen LogP contribution is 2.19. The van der Waals surface area contributed by atoms with Crippen molar-refractivity contribution in [1.82, 2.24) is 24.8 Å². The van der Waals surface area contributed by atoms with E-state index in [-0.39, 0.29) is 17.7 Å². The molecule has 2 aromatic rings. The van der Waals surface area contributed by atoms with Gasteiger partial charge in [-0.05, 0) is 18.1 Å². The second kappa shape index (κ2) is 6.98. The Hall–Kier alpha value is -2.44. The van der Waals surface area contributed by atoms with Crippen LogP contribution in [0.3, 0.4) is 0 Å². The summed E-state index contributed by atoms with van der Waals surface area (Å²) in [5.74, 6) is 1.01. The van der Waals surface area contributed by atoms with E-state index in [0.29, 0.717) is 38.4 Å². The van der Waals surface area contributed by atoms with Gasteiger partial charge in [0.15, 0.2) is 5.65 Å². The molecule has 0 aromatic carbocycles. The van der Waals surface area contributed by atoms with E-state index in [2.05, 4.69) is 29.4 Å². The number of hydrogen-bond acceptors (Lipinski definition) is 4. The van der Waals surface area contributed by atoms with Crippen LogP contribution in [0, 0.1) is 11.8 Å². The molecule has 0 aliphatic carbocycles. The summed E-state index contributed by atoms with van der Waals surface area (Å²) in [5.41, 5.74) is 0.796. The molecule has 1 N–H and O–H groups in total. The number of amides is 2. The van der Waals surface area contributed by atoms with Crippen LogP contribution < -0.4 is 5.32 Å². The average Bonchev–Trinajstić information content (AvgIpc) is 3.11. The van der Waals surface area contributed by atoms with Crippen LogP contribution in [0.4, 0.5) is 0 Å². The summed E-state index contributed by atoms with van der Waals surface area (Å²) in [7, 11) is 0. The van der Waals surface area contributed by atoms with Gasteiger partial charge in [0.1, 0.15) is 5.82 Å². The molecule has 1 atom stereocenters. The van der Waals surface area contributed by atoms with Gasteiger partial charge in [0.2, 0.25) is 11.8 Å². The number of likely N-dealkylation sites (tertiary alicyclic amines) is 1. The van der Waals surface area contributed by atoms with E-state index >= 15 is 0 Å². The van der Waals surface area contributed by atoms with E-state index in [4.69, 9.17) is 0 Å². The molecule has 0 saturated carbocycles. The summed E-state index contributed by atoms with van der Waals surface area (Å²) >= 11 is 0. The van der Waals surface area contributed by atoms with E-state index in [1.807, 2.05) is 28.8 Å². The second-order valence-corrected chi connectivity index (χ2v) is 6.68. The summed E-state index contributed by atoms with van der Waals surface area (Å²) < 4.78 is 1.91. The molecule has 3 rings (SSSR count). The number of rotatable bonds is 6. The SMILES string of the molecule is CC(C)CN1C[C@@H](C(=O)NCCc2nnc3ccccn23)CC1=O. The maximum absolute atomic E-state index is 12.3. The van der Waals surface area contributed by atoms with Gasteiger partial charge in [-0.15, -0.1) is 10.2 Å². The summed E-state index contributed by atoms with van der Waals surface area (Å²) in [5, 5.41) is 11.2. The van der Waals surface area contributed by atoms with Gasteiger partial charge in [-0.25, -0.2) is 0 Å². The Morgan fingerprint density at radius 1 is 1.38 bits per heavy atom. The molecule has 1 aliphatic heterocycles. The highest BCUT2D eigenvalue weighted by Gasteiger charge is 2.34. The molecular weight excluding hydrogens is 306 g/mol. The minimum Gasteiger partial charge on any atom is -0.355 e. The van der Waals surface area contributed by atoms with Crippen LogP contribution in [0.5, 0.6) is 0 Å². The predicted molar refractivity (Wildman–Crippen MR) is 89.2 cm³/mol. The van der Waals surface area contributed by atoms with E-state index in [9.17, 15) is 9.59 Å². The van der Waals surface area contributed by atoms with Crippen molar-refractivity contribution < 1.29 is 9.59 Å². The van der Waals surface area contributed by atoms with E-state index in [1.54, 1.807) is 4.90 Å². The van der Waals surface area contributed by atoms with Crippen LogP contribution in [-0.2, 0) is 16.0 Å². The lowest BCUT2D eigenvalue weighted by Gasteiger charge is -2.18. The Labute approximate surface area is 141 Å². The van der Waals surface area contributed by atoms with Gasteiger partial charge in [0.05, 0.1) is 5.92 Å². The largest absolute Gasteiger partial charge is 0.355 e. The van der Waals surface area contributed by atoms with Gasteiger partial charge in [-0.2, -0.15) is 0 Å². The van der Waals surface area contributed by atoms with Crippen molar-refractivity contribution in [1.29, 1.82) is 0 Å². The van der Waals surface area contributed by atoms with E-state index < -0.39 is 0 Å². The van der Waals surface area contributed by atoms with Crippen molar-refractivity contribution >= 4 is 17.5 Å². The Morgan fingerprint density at radius 3 is 3.00 bits per heavy atom. The van der Waals surface area contributed by atoms with Crippen molar-refractivity contribution in [3.05, 3.63) is 30.2 Å². The summed E-state index contributed by atoms with van der Waals surface area (Å²) in [6, 6.07) is 5.73. The Balaban J connectivity index is 1.50. The molecule has 0 spiro atoms. The van der Waals surface area contributed by atoms with Gasteiger partial charge in [0, 0.05) is 38.7 Å². The number of nitrogens with zero attached hydrogens (tertiary/aromatic N) is 4. The van der Waals surface area contributed by atoms with Crippen LogP contribution in [0.25, 0.3) is 5.65 Å². The highest BCUT2D eigenvalue weighted by atomic mass is 16.2. The van der Waals surface area contributed by atoms with Gasteiger partial charge >= 0.3 is 0 Å². The quantitative estimate of drug-likeness (QED) is 0.854. The molecule has 0 radical (unpaired) electrons. The highest BCUT2D eigenvalue weighted by molar-refractivity contribution is 5.89. The zero-order valence-electron chi connectivity index (χ0n) is 14.1. The van der Waals surface area contributed by atoms with Crippen molar-refractivity contribution in [3.63, 3.8) is 0 Å². The lowest BCUT2D eigenvalue weighted by molar-refractivity contribution is -0.129. The van der Waals surface area contributed by atoms with Crippen molar-refractivity contribution in [2.75, 3.05) is 19.6 Å². The van der Waals surface area contributed by atoms with Gasteiger partial charge in [-0.3, -0.25) is 14.0 Å². The fraction of sp³-hybridized carbons (Fsp3) is 0.529. The standard InChI is InChI=1S/C17H23N5O2/c1-12(2)10-21-11-13(9-16(21)23)17(24)18-7-6-15-20-19-14-5-3-4-8-22(14)15/h3-5,8,12-13H,6-7,9-11H2,1-2H3,(H,18,24)/t13-/m0/s1. The number of hydrogen-bond donors (Lipinski definition) is 1. The first kappa shape index (κ1) is 16.4. The molecule has 1 saturated heterocycles. The molecule has 0 bridgehead atoms. The smallest absolute Gasteiger partial charge is 0.225 e. The maximum Gasteiger partial charge on any atom is 0.225 e. The molecular formula is C17H23N5O2. The van der Waals surface area contributed by atoms with Gasteiger partial charge in [0.25, 0.3) is 0 Å². The first-order valence-corrected chi connectivity index (χ1v) is 8.38. The maximum atomic E-state index is 12.3. The molecule has 1 aliphatic rings. The molecule has 1 fully saturated rings. The van der Waals surface area contributed by atoms with Crippen LogP contribution in [0.2, 0.25) is 0 Å². The van der Waals surface area contributed by atoms with Crippen molar-refractivity contribution in [2.45, 2.75) is 26.7 Å². The molecule has 2 amide bonds. The van der Waals surface area contributed by atoms with E-state index in [1.165, 1.54) is 0 Å². The Morgan fingerprint density at radius 2 is 2.21 bits per heavy atom. The lowest BCUT2D eigenvalue weighted by Crippen LogP contribution is -2.35. The lowest BCUT2D eigenvalue weighted by atomic mass is 10.1. The summed E-state index contributed by atoms with van der Waals surface area (Å²) in [4.78, 5) is 26.0. The Kier molecular flexibility index (Phi) is 4.78. The Bertz CT molecular complexity index is 739. The number of pyridine rings is 1. The molecule has 7 heteroatoms. The van der Waals surface area contributed by atoms with Crippen molar-refractivity contribution in [3.8, 4) is 0 Å². The normalized spacial score (nSPS) is 17.9. The van der Waals surface area contributed by atoms with Crippen molar-refractivity contribution in [2.24, 2.45) is 11.8 Å². The molecule has 2 aromatic heterocycles. The number of carbonyl (C=O) groups is 2.